The Bertz CT molecular complexity index is 405. The fourth-order valence-corrected chi connectivity index (χ4v) is 2.46. The van der Waals surface area contributed by atoms with E-state index in [-0.39, 0.29) is 6.42 Å². The van der Waals surface area contributed by atoms with Crippen LogP contribution in [0.1, 0.15) is 37.4 Å². The Balaban J connectivity index is 1.81. The number of carbonyl (C=O) groups is 1. The summed E-state index contributed by atoms with van der Waals surface area (Å²) in [4.78, 5) is 17.0. The van der Waals surface area contributed by atoms with Gasteiger partial charge in [0.25, 0.3) is 0 Å². The van der Waals surface area contributed by atoms with Gasteiger partial charge in [-0.15, -0.1) is 0 Å². The standard InChI is InChI=1S/C12H19N3O3/c1-9-13-11(14-18-9)8-15-6-2-3-10(7-15)4-5-12(16)17/h10H,2-8H2,1H3,(H,16,17). The second-order valence-corrected chi connectivity index (χ2v) is 4.91. The van der Waals surface area contributed by atoms with E-state index in [4.69, 9.17) is 9.63 Å². The van der Waals surface area contributed by atoms with E-state index >= 15 is 0 Å². The molecule has 2 rings (SSSR count). The van der Waals surface area contributed by atoms with Crippen LogP contribution >= 0.6 is 0 Å². The molecule has 6 nitrogen and oxygen atoms in total. The Morgan fingerprint density at radius 3 is 3.11 bits per heavy atom. The van der Waals surface area contributed by atoms with Crippen LogP contribution in [0.5, 0.6) is 0 Å². The fourth-order valence-electron chi connectivity index (χ4n) is 2.46. The molecular weight excluding hydrogens is 234 g/mol. The van der Waals surface area contributed by atoms with Crippen LogP contribution in [0, 0.1) is 12.8 Å². The lowest BCUT2D eigenvalue weighted by molar-refractivity contribution is -0.137. The van der Waals surface area contributed by atoms with Crippen LogP contribution in [0.2, 0.25) is 0 Å². The zero-order valence-corrected chi connectivity index (χ0v) is 10.6. The van der Waals surface area contributed by atoms with E-state index < -0.39 is 5.97 Å². The predicted octanol–water partition coefficient (Wildman–Crippen LogP) is 1.45. The Labute approximate surface area is 106 Å². The summed E-state index contributed by atoms with van der Waals surface area (Å²) in [5, 5.41) is 12.6. The van der Waals surface area contributed by atoms with Gasteiger partial charge in [-0.3, -0.25) is 9.69 Å². The van der Waals surface area contributed by atoms with E-state index in [9.17, 15) is 4.79 Å². The van der Waals surface area contributed by atoms with Gasteiger partial charge in [0.05, 0.1) is 6.54 Å². The third-order valence-electron chi connectivity index (χ3n) is 3.30. The van der Waals surface area contributed by atoms with Crippen LogP contribution < -0.4 is 0 Å². The van der Waals surface area contributed by atoms with Crippen molar-refractivity contribution in [2.45, 2.75) is 39.2 Å². The van der Waals surface area contributed by atoms with E-state index in [1.165, 1.54) is 0 Å². The van der Waals surface area contributed by atoms with Crippen LogP contribution in [-0.2, 0) is 11.3 Å². The van der Waals surface area contributed by atoms with Gasteiger partial charge < -0.3 is 9.63 Å². The Morgan fingerprint density at radius 2 is 2.44 bits per heavy atom. The van der Waals surface area contributed by atoms with Crippen molar-refractivity contribution in [3.63, 3.8) is 0 Å². The Hall–Kier alpha value is -1.43. The molecule has 0 aromatic carbocycles. The SMILES string of the molecule is Cc1nc(CN2CCCC(CCC(=O)O)C2)no1. The number of nitrogens with zero attached hydrogens (tertiary/aromatic N) is 3. The number of carboxylic acid groups (broad SMARTS) is 1. The number of aryl methyl sites for hydroxylation is 1. The lowest BCUT2D eigenvalue weighted by Gasteiger charge is -2.31. The van der Waals surface area contributed by atoms with Gasteiger partial charge in [-0.25, -0.2) is 0 Å². The first-order valence-corrected chi connectivity index (χ1v) is 6.37. The average Bonchev–Trinajstić information content (AvgIpc) is 2.73. The molecule has 1 unspecified atom stereocenters. The summed E-state index contributed by atoms with van der Waals surface area (Å²) in [6.07, 6.45) is 3.26. The third kappa shape index (κ3) is 3.80. The van der Waals surface area contributed by atoms with Gasteiger partial charge in [0.1, 0.15) is 0 Å². The molecule has 1 N–H and O–H groups in total. The molecule has 1 aromatic rings. The number of likely N-dealkylation sites (tertiary alicyclic amines) is 1. The minimum absolute atomic E-state index is 0.264. The van der Waals surface area contributed by atoms with Crippen molar-refractivity contribution in [2.24, 2.45) is 5.92 Å². The van der Waals surface area contributed by atoms with Gasteiger partial charge in [0.15, 0.2) is 5.82 Å². The van der Waals surface area contributed by atoms with Crippen molar-refractivity contribution in [1.29, 1.82) is 0 Å². The van der Waals surface area contributed by atoms with Crippen molar-refractivity contribution >= 4 is 5.97 Å². The first kappa shape index (κ1) is 13.0. The number of hydrogen-bond acceptors (Lipinski definition) is 5. The molecular formula is C12H19N3O3. The maximum atomic E-state index is 10.6. The predicted molar refractivity (Wildman–Crippen MR) is 63.9 cm³/mol. The monoisotopic (exact) mass is 253 g/mol. The molecule has 1 saturated heterocycles. The highest BCUT2D eigenvalue weighted by Crippen LogP contribution is 2.21. The van der Waals surface area contributed by atoms with Crippen molar-refractivity contribution in [2.75, 3.05) is 13.1 Å². The van der Waals surface area contributed by atoms with Crippen LogP contribution in [0.3, 0.4) is 0 Å². The van der Waals surface area contributed by atoms with E-state index in [1.54, 1.807) is 6.92 Å². The molecule has 1 fully saturated rings. The molecule has 0 aliphatic carbocycles. The van der Waals surface area contributed by atoms with Gasteiger partial charge in [0.2, 0.25) is 5.89 Å². The van der Waals surface area contributed by atoms with E-state index in [0.29, 0.717) is 24.2 Å². The van der Waals surface area contributed by atoms with Crippen LogP contribution in [0.4, 0.5) is 0 Å². The highest BCUT2D eigenvalue weighted by atomic mass is 16.5. The average molecular weight is 253 g/mol. The van der Waals surface area contributed by atoms with Crippen LogP contribution in [-0.4, -0.2) is 39.2 Å². The number of aromatic nitrogens is 2. The summed E-state index contributed by atoms with van der Waals surface area (Å²) in [5.41, 5.74) is 0. The summed E-state index contributed by atoms with van der Waals surface area (Å²) in [7, 11) is 0. The van der Waals surface area contributed by atoms with Crippen molar-refractivity contribution in [3.8, 4) is 0 Å². The molecule has 1 atom stereocenters. The summed E-state index contributed by atoms with van der Waals surface area (Å²) < 4.78 is 4.95. The summed E-state index contributed by atoms with van der Waals surface area (Å²) in [6, 6.07) is 0. The zero-order chi connectivity index (χ0) is 13.0. The van der Waals surface area contributed by atoms with Crippen LogP contribution in [0.25, 0.3) is 0 Å². The molecule has 1 aliphatic rings. The highest BCUT2D eigenvalue weighted by molar-refractivity contribution is 5.66. The van der Waals surface area contributed by atoms with Crippen molar-refractivity contribution in [3.05, 3.63) is 11.7 Å². The molecule has 0 amide bonds. The molecule has 2 heterocycles. The first-order valence-electron chi connectivity index (χ1n) is 6.37. The molecule has 0 radical (unpaired) electrons. The Kier molecular flexibility index (Phi) is 4.30. The van der Waals surface area contributed by atoms with Gasteiger partial charge in [-0.1, -0.05) is 5.16 Å². The first-order chi connectivity index (χ1) is 8.63. The van der Waals surface area contributed by atoms with E-state index in [1.807, 2.05) is 0 Å². The van der Waals surface area contributed by atoms with Gasteiger partial charge >= 0.3 is 5.97 Å². The fraction of sp³-hybridized carbons (Fsp3) is 0.750. The maximum absolute atomic E-state index is 10.6. The summed E-state index contributed by atoms with van der Waals surface area (Å²) in [5.74, 6) is 1.07. The molecule has 0 bridgehead atoms. The molecule has 0 saturated carbocycles. The summed E-state index contributed by atoms with van der Waals surface area (Å²) in [6.45, 7) is 4.43. The summed E-state index contributed by atoms with van der Waals surface area (Å²) >= 11 is 0. The zero-order valence-electron chi connectivity index (χ0n) is 10.6. The van der Waals surface area contributed by atoms with Gasteiger partial charge in [0, 0.05) is 19.9 Å². The molecule has 1 aliphatic heterocycles. The van der Waals surface area contributed by atoms with E-state index in [0.717, 1.165) is 32.4 Å². The molecule has 1 aromatic heterocycles. The third-order valence-corrected chi connectivity index (χ3v) is 3.30. The smallest absolute Gasteiger partial charge is 0.303 e. The number of hydrogen-bond donors (Lipinski definition) is 1. The lowest BCUT2D eigenvalue weighted by Crippen LogP contribution is -2.35. The molecule has 18 heavy (non-hydrogen) atoms. The lowest BCUT2D eigenvalue weighted by atomic mass is 9.93. The maximum Gasteiger partial charge on any atom is 0.303 e. The molecule has 0 spiro atoms. The van der Waals surface area contributed by atoms with Gasteiger partial charge in [-0.05, 0) is 31.7 Å². The topological polar surface area (TPSA) is 79.5 Å². The molecule has 100 valence electrons. The molecule has 6 heteroatoms. The Morgan fingerprint density at radius 1 is 1.61 bits per heavy atom. The van der Waals surface area contributed by atoms with Crippen molar-refractivity contribution in [1.82, 2.24) is 15.0 Å². The second-order valence-electron chi connectivity index (χ2n) is 4.91. The van der Waals surface area contributed by atoms with Gasteiger partial charge in [-0.2, -0.15) is 4.98 Å². The van der Waals surface area contributed by atoms with Crippen LogP contribution in [0.15, 0.2) is 4.52 Å². The number of aliphatic carboxylic acids is 1. The highest BCUT2D eigenvalue weighted by Gasteiger charge is 2.21. The normalized spacial score (nSPS) is 21.1. The minimum atomic E-state index is -0.707. The minimum Gasteiger partial charge on any atom is -0.481 e. The largest absolute Gasteiger partial charge is 0.481 e. The quantitative estimate of drug-likeness (QED) is 0.855. The van der Waals surface area contributed by atoms with E-state index in [2.05, 4.69) is 15.0 Å². The number of carboxylic acids is 1. The second kappa shape index (κ2) is 5.95. The number of rotatable bonds is 5. The van der Waals surface area contributed by atoms with Crippen molar-refractivity contribution < 1.29 is 14.4 Å². The number of piperidine rings is 1.